The Morgan fingerprint density at radius 3 is 2.71 bits per heavy atom. The highest BCUT2D eigenvalue weighted by molar-refractivity contribution is 5.90. The van der Waals surface area contributed by atoms with Crippen LogP contribution in [0, 0.1) is 0 Å². The molecule has 1 saturated carbocycles. The third-order valence-electron chi connectivity index (χ3n) is 3.30. The number of nitrogens with zero attached hydrogens (tertiary/aromatic N) is 1. The molecule has 1 N–H and O–H groups in total. The summed E-state index contributed by atoms with van der Waals surface area (Å²) in [5.41, 5.74) is -1.89. The molecule has 5 heteroatoms. The lowest BCUT2D eigenvalue weighted by molar-refractivity contribution is -0.137. The van der Waals surface area contributed by atoms with Crippen LogP contribution in [0.1, 0.15) is 40.0 Å². The van der Waals surface area contributed by atoms with Gasteiger partial charge in [0.05, 0.1) is 6.54 Å². The van der Waals surface area contributed by atoms with Crippen LogP contribution in [-0.2, 0) is 9.53 Å². The van der Waals surface area contributed by atoms with Gasteiger partial charge in [0, 0.05) is 18.9 Å². The van der Waals surface area contributed by atoms with Crippen molar-refractivity contribution >= 4 is 11.9 Å². The van der Waals surface area contributed by atoms with Crippen molar-refractivity contribution in [2.45, 2.75) is 57.3 Å². The third-order valence-corrected chi connectivity index (χ3v) is 3.30. The molecule has 0 aromatic heterocycles. The molecule has 2 rings (SSSR count). The van der Waals surface area contributed by atoms with E-state index in [1.807, 2.05) is 0 Å². The summed E-state index contributed by atoms with van der Waals surface area (Å²) in [6.45, 7) is 5.47. The summed E-state index contributed by atoms with van der Waals surface area (Å²) in [5.74, 6) is -0.153. The third kappa shape index (κ3) is 2.29. The Labute approximate surface area is 101 Å². The van der Waals surface area contributed by atoms with Crippen molar-refractivity contribution in [3.8, 4) is 0 Å². The summed E-state index contributed by atoms with van der Waals surface area (Å²) in [6.07, 6.45) is 0.888. The zero-order valence-electron chi connectivity index (χ0n) is 10.5. The SMILES string of the molecule is CC(C)(C)OC(=O)N1C[C@]2(O)C[C@H]1CCC2=O. The Morgan fingerprint density at radius 1 is 1.53 bits per heavy atom. The standard InChI is InChI=1S/C12H19NO4/c1-11(2,3)17-10(15)13-7-12(16)6-8(13)4-5-9(12)14/h8,16H,4-7H2,1-3H3/t8-,12-/m1/s1. The fourth-order valence-corrected chi connectivity index (χ4v) is 2.50. The van der Waals surface area contributed by atoms with Crippen LogP contribution >= 0.6 is 0 Å². The Bertz CT molecular complexity index is 360. The Hall–Kier alpha value is -1.10. The van der Waals surface area contributed by atoms with Gasteiger partial charge in [-0.3, -0.25) is 4.79 Å². The van der Waals surface area contributed by atoms with Crippen molar-refractivity contribution in [3.63, 3.8) is 0 Å². The lowest BCUT2D eigenvalue weighted by Gasteiger charge is -2.27. The molecule has 1 heterocycles. The first kappa shape index (κ1) is 12.4. The molecular weight excluding hydrogens is 222 g/mol. The smallest absolute Gasteiger partial charge is 0.410 e. The van der Waals surface area contributed by atoms with Gasteiger partial charge >= 0.3 is 6.09 Å². The van der Waals surface area contributed by atoms with Gasteiger partial charge in [-0.1, -0.05) is 0 Å². The Kier molecular flexibility index (Phi) is 2.69. The predicted molar refractivity (Wildman–Crippen MR) is 60.5 cm³/mol. The summed E-state index contributed by atoms with van der Waals surface area (Å²) in [4.78, 5) is 25.0. The van der Waals surface area contributed by atoms with E-state index in [0.29, 0.717) is 19.3 Å². The number of likely N-dealkylation sites (tertiary alicyclic amines) is 1. The lowest BCUT2D eigenvalue weighted by atomic mass is 9.85. The molecule has 0 radical (unpaired) electrons. The number of fused-ring (bicyclic) bond motifs is 2. The van der Waals surface area contributed by atoms with Gasteiger partial charge in [-0.25, -0.2) is 4.79 Å². The first-order valence-electron chi connectivity index (χ1n) is 5.97. The van der Waals surface area contributed by atoms with Gasteiger partial charge in [-0.15, -0.1) is 0 Å². The van der Waals surface area contributed by atoms with E-state index in [9.17, 15) is 14.7 Å². The number of amides is 1. The van der Waals surface area contributed by atoms with E-state index in [1.165, 1.54) is 4.90 Å². The first-order chi connectivity index (χ1) is 7.71. The topological polar surface area (TPSA) is 66.8 Å². The van der Waals surface area contributed by atoms with E-state index in [1.54, 1.807) is 20.8 Å². The number of rotatable bonds is 0. The van der Waals surface area contributed by atoms with E-state index in [0.717, 1.165) is 0 Å². The minimum absolute atomic E-state index is 0.0625. The highest BCUT2D eigenvalue weighted by atomic mass is 16.6. The second-order valence-electron chi connectivity index (χ2n) is 5.96. The van der Waals surface area contributed by atoms with Crippen molar-refractivity contribution in [2.24, 2.45) is 0 Å². The highest BCUT2D eigenvalue weighted by Gasteiger charge is 2.53. The van der Waals surface area contributed by atoms with Crippen molar-refractivity contribution in [2.75, 3.05) is 6.54 Å². The van der Waals surface area contributed by atoms with E-state index in [2.05, 4.69) is 0 Å². The zero-order valence-corrected chi connectivity index (χ0v) is 10.5. The second kappa shape index (κ2) is 3.70. The van der Waals surface area contributed by atoms with Crippen molar-refractivity contribution in [1.82, 2.24) is 4.90 Å². The number of β-amino-alcohol motifs (C(OH)–C–C–N with tert-alkyl or cyclic N) is 1. The average molecular weight is 241 g/mol. The van der Waals surface area contributed by atoms with Gasteiger partial charge in [-0.2, -0.15) is 0 Å². The summed E-state index contributed by atoms with van der Waals surface area (Å²) < 4.78 is 5.27. The Morgan fingerprint density at radius 2 is 2.18 bits per heavy atom. The highest BCUT2D eigenvalue weighted by Crippen LogP contribution is 2.37. The molecule has 2 aliphatic rings. The van der Waals surface area contributed by atoms with Crippen molar-refractivity contribution in [3.05, 3.63) is 0 Å². The summed E-state index contributed by atoms with van der Waals surface area (Å²) in [7, 11) is 0. The molecule has 0 aromatic carbocycles. The van der Waals surface area contributed by atoms with Gasteiger partial charge < -0.3 is 14.7 Å². The minimum atomic E-state index is -1.33. The summed E-state index contributed by atoms with van der Waals surface area (Å²) in [6, 6.07) is -0.0625. The molecule has 1 aliphatic carbocycles. The molecule has 1 amide bonds. The number of aliphatic hydroxyl groups is 1. The molecule has 0 aromatic rings. The molecule has 0 spiro atoms. The largest absolute Gasteiger partial charge is 0.444 e. The number of hydrogen-bond acceptors (Lipinski definition) is 4. The van der Waals surface area contributed by atoms with E-state index < -0.39 is 17.3 Å². The molecule has 17 heavy (non-hydrogen) atoms. The minimum Gasteiger partial charge on any atom is -0.444 e. The van der Waals surface area contributed by atoms with Gasteiger partial charge in [0.15, 0.2) is 5.78 Å². The zero-order chi connectivity index (χ0) is 12.8. The number of carbonyl (C=O) groups is 2. The number of carbonyl (C=O) groups excluding carboxylic acids is 2. The fourth-order valence-electron chi connectivity index (χ4n) is 2.50. The van der Waals surface area contributed by atoms with Crippen LogP contribution in [0.4, 0.5) is 4.79 Å². The average Bonchev–Trinajstić information content (AvgIpc) is 2.45. The normalized spacial score (nSPS) is 32.8. The molecule has 1 saturated heterocycles. The first-order valence-corrected chi connectivity index (χ1v) is 5.97. The van der Waals surface area contributed by atoms with Crippen LogP contribution < -0.4 is 0 Å². The second-order valence-corrected chi connectivity index (χ2v) is 5.96. The van der Waals surface area contributed by atoms with Gasteiger partial charge in [0.1, 0.15) is 11.2 Å². The molecule has 1 aliphatic heterocycles. The molecule has 2 fully saturated rings. The van der Waals surface area contributed by atoms with Crippen LogP contribution in [0.3, 0.4) is 0 Å². The van der Waals surface area contributed by atoms with Crippen molar-refractivity contribution < 1.29 is 19.4 Å². The van der Waals surface area contributed by atoms with E-state index >= 15 is 0 Å². The van der Waals surface area contributed by atoms with Gasteiger partial charge in [0.25, 0.3) is 0 Å². The van der Waals surface area contributed by atoms with Crippen molar-refractivity contribution in [1.29, 1.82) is 0 Å². The van der Waals surface area contributed by atoms with Crippen LogP contribution in [0.15, 0.2) is 0 Å². The number of hydrogen-bond donors (Lipinski definition) is 1. The molecular formula is C12H19NO4. The fraction of sp³-hybridized carbons (Fsp3) is 0.833. The Balaban J connectivity index is 2.10. The molecule has 2 bridgehead atoms. The number of ether oxygens (including phenoxy) is 1. The summed E-state index contributed by atoms with van der Waals surface area (Å²) >= 11 is 0. The lowest BCUT2D eigenvalue weighted by Crippen LogP contribution is -2.42. The number of ketones is 1. The van der Waals surface area contributed by atoms with E-state index in [4.69, 9.17) is 4.74 Å². The van der Waals surface area contributed by atoms with Crippen LogP contribution in [-0.4, -0.2) is 45.7 Å². The maximum atomic E-state index is 11.9. The van der Waals surface area contributed by atoms with Crippen LogP contribution in [0.25, 0.3) is 0 Å². The van der Waals surface area contributed by atoms with Crippen LogP contribution in [0.5, 0.6) is 0 Å². The monoisotopic (exact) mass is 241 g/mol. The molecule has 0 unspecified atom stereocenters. The molecule has 2 atom stereocenters. The van der Waals surface area contributed by atoms with Gasteiger partial charge in [-0.05, 0) is 27.2 Å². The molecule has 5 nitrogen and oxygen atoms in total. The summed E-state index contributed by atoms with van der Waals surface area (Å²) in [5, 5.41) is 10.1. The van der Waals surface area contributed by atoms with Crippen LogP contribution in [0.2, 0.25) is 0 Å². The number of Topliss-reactive ketones (excluding diaryl/α,β-unsaturated/α-hetero) is 1. The van der Waals surface area contributed by atoms with Gasteiger partial charge in [0.2, 0.25) is 0 Å². The maximum Gasteiger partial charge on any atom is 0.410 e. The van der Waals surface area contributed by atoms with E-state index in [-0.39, 0.29) is 18.4 Å². The quantitative estimate of drug-likeness (QED) is 0.689. The predicted octanol–water partition coefficient (Wildman–Crippen LogP) is 1.09. The maximum absolute atomic E-state index is 11.9. The molecule has 96 valence electrons.